The third kappa shape index (κ3) is 5.12. The Balaban J connectivity index is 1.94. The molecule has 0 spiro atoms. The van der Waals surface area contributed by atoms with E-state index in [9.17, 15) is 8.42 Å². The van der Waals surface area contributed by atoms with E-state index in [2.05, 4.69) is 4.72 Å². The number of nitrogens with zero attached hydrogens (tertiary/aromatic N) is 1. The van der Waals surface area contributed by atoms with Gasteiger partial charge in [0.1, 0.15) is 0 Å². The first-order valence-corrected chi connectivity index (χ1v) is 8.78. The van der Waals surface area contributed by atoms with E-state index in [1.165, 1.54) is 0 Å². The highest BCUT2D eigenvalue weighted by Crippen LogP contribution is 2.23. The van der Waals surface area contributed by atoms with Crippen molar-refractivity contribution >= 4 is 10.0 Å². The molecule has 1 saturated carbocycles. The summed E-state index contributed by atoms with van der Waals surface area (Å²) in [5.74, 6) is -0.505. The van der Waals surface area contributed by atoms with Gasteiger partial charge in [-0.3, -0.25) is 0 Å². The maximum atomic E-state index is 11.7. The summed E-state index contributed by atoms with van der Waals surface area (Å²) in [6.45, 7) is 0.474. The van der Waals surface area contributed by atoms with E-state index >= 15 is 0 Å². The first-order valence-electron chi connectivity index (χ1n) is 7.13. The summed E-state index contributed by atoms with van der Waals surface area (Å²) < 4.78 is 32.0. The molecule has 0 bridgehead atoms. The second kappa shape index (κ2) is 7.55. The van der Waals surface area contributed by atoms with Crippen molar-refractivity contribution in [2.75, 3.05) is 5.75 Å². The van der Waals surface area contributed by atoms with Gasteiger partial charge in [-0.15, -0.1) is 0 Å². The van der Waals surface area contributed by atoms with Crippen LogP contribution in [-0.2, 0) is 21.4 Å². The number of benzene rings is 1. The maximum absolute atomic E-state index is 11.7. The lowest BCUT2D eigenvalue weighted by Crippen LogP contribution is -2.46. The predicted octanol–water partition coefficient (Wildman–Crippen LogP) is 1.96. The molecule has 0 saturated heterocycles. The molecule has 0 amide bonds. The summed E-state index contributed by atoms with van der Waals surface area (Å²) in [5, 5.41) is 8.55. The Bertz CT molecular complexity index is 581. The minimum Gasteiger partial charge on any atom is -0.372 e. The summed E-state index contributed by atoms with van der Waals surface area (Å²) in [6, 6.07) is 11.3. The van der Waals surface area contributed by atoms with E-state index in [1.54, 1.807) is 6.07 Å². The van der Waals surface area contributed by atoms with Crippen LogP contribution in [0, 0.1) is 11.3 Å². The minimum absolute atomic E-state index is 0.132. The Morgan fingerprint density at radius 2 is 1.95 bits per heavy atom. The van der Waals surface area contributed by atoms with Crippen LogP contribution in [0.3, 0.4) is 0 Å². The Morgan fingerprint density at radius 3 is 2.67 bits per heavy atom. The molecule has 0 aromatic heterocycles. The number of nitrogens with one attached hydrogen (secondary N) is 1. The van der Waals surface area contributed by atoms with Gasteiger partial charge in [-0.05, 0) is 18.4 Å². The average Bonchev–Trinajstić information content (AvgIpc) is 2.47. The SMILES string of the molecule is N#CCS(=O)(=O)NC1CCCCC1OCc1ccccc1. The van der Waals surface area contributed by atoms with Crippen molar-refractivity contribution in [1.82, 2.24) is 4.72 Å². The van der Waals surface area contributed by atoms with E-state index in [0.29, 0.717) is 6.61 Å². The number of hydrogen-bond donors (Lipinski definition) is 1. The number of nitriles is 1. The zero-order chi connectivity index (χ0) is 15.1. The molecule has 1 aromatic carbocycles. The molecule has 1 aromatic rings. The first-order chi connectivity index (χ1) is 10.1. The third-order valence-corrected chi connectivity index (χ3v) is 4.77. The van der Waals surface area contributed by atoms with E-state index in [4.69, 9.17) is 10.00 Å². The zero-order valence-electron chi connectivity index (χ0n) is 11.9. The molecule has 2 atom stereocenters. The molecule has 1 aliphatic carbocycles. The van der Waals surface area contributed by atoms with Crippen LogP contribution in [-0.4, -0.2) is 26.3 Å². The Kier molecular flexibility index (Phi) is 5.74. The molecule has 0 heterocycles. The number of ether oxygens (including phenoxy) is 1. The largest absolute Gasteiger partial charge is 0.372 e. The van der Waals surface area contributed by atoms with Gasteiger partial charge in [0.05, 0.1) is 18.8 Å². The van der Waals surface area contributed by atoms with Crippen molar-refractivity contribution in [2.24, 2.45) is 0 Å². The van der Waals surface area contributed by atoms with Crippen LogP contribution < -0.4 is 4.72 Å². The van der Waals surface area contributed by atoms with E-state index in [1.807, 2.05) is 30.3 Å². The summed E-state index contributed by atoms with van der Waals surface area (Å²) >= 11 is 0. The van der Waals surface area contributed by atoms with Crippen molar-refractivity contribution < 1.29 is 13.2 Å². The molecular formula is C15H20N2O3S. The highest BCUT2D eigenvalue weighted by molar-refractivity contribution is 7.89. The monoisotopic (exact) mass is 308 g/mol. The molecule has 2 rings (SSSR count). The Hall–Kier alpha value is -1.42. The Morgan fingerprint density at radius 1 is 1.24 bits per heavy atom. The van der Waals surface area contributed by atoms with Gasteiger partial charge in [0, 0.05) is 6.04 Å². The van der Waals surface area contributed by atoms with Crippen LogP contribution in [0.1, 0.15) is 31.2 Å². The summed E-state index contributed by atoms with van der Waals surface area (Å²) in [4.78, 5) is 0. The molecule has 0 aliphatic heterocycles. The highest BCUT2D eigenvalue weighted by Gasteiger charge is 2.29. The second-order valence-corrected chi connectivity index (χ2v) is 7.01. The topological polar surface area (TPSA) is 79.2 Å². The molecule has 6 heteroatoms. The quantitative estimate of drug-likeness (QED) is 0.871. The normalized spacial score (nSPS) is 22.6. The van der Waals surface area contributed by atoms with Gasteiger partial charge in [-0.25, -0.2) is 13.1 Å². The van der Waals surface area contributed by atoms with Crippen molar-refractivity contribution in [1.29, 1.82) is 5.26 Å². The average molecular weight is 308 g/mol. The molecule has 0 radical (unpaired) electrons. The molecule has 1 aliphatic rings. The van der Waals surface area contributed by atoms with Crippen molar-refractivity contribution in [3.05, 3.63) is 35.9 Å². The molecule has 1 N–H and O–H groups in total. The standard InChI is InChI=1S/C15H20N2O3S/c16-10-11-21(18,19)17-14-8-4-5-9-15(14)20-12-13-6-2-1-3-7-13/h1-3,6-7,14-15,17H,4-5,8-9,11-12H2. The second-order valence-electron chi connectivity index (χ2n) is 5.26. The molecule has 1 fully saturated rings. The lowest BCUT2D eigenvalue weighted by atomic mass is 9.93. The van der Waals surface area contributed by atoms with Gasteiger partial charge in [-0.2, -0.15) is 5.26 Å². The van der Waals surface area contributed by atoms with Gasteiger partial charge >= 0.3 is 0 Å². The van der Waals surface area contributed by atoms with E-state index in [-0.39, 0.29) is 12.1 Å². The number of rotatable bonds is 6. The molecular weight excluding hydrogens is 288 g/mol. The lowest BCUT2D eigenvalue weighted by Gasteiger charge is -2.31. The first kappa shape index (κ1) is 16.0. The van der Waals surface area contributed by atoms with Crippen molar-refractivity contribution in [3.63, 3.8) is 0 Å². The van der Waals surface area contributed by atoms with Gasteiger partial charge < -0.3 is 4.74 Å². The molecule has 21 heavy (non-hydrogen) atoms. The van der Waals surface area contributed by atoms with Crippen LogP contribution >= 0.6 is 0 Å². The van der Waals surface area contributed by atoms with Gasteiger partial charge in [0.15, 0.2) is 5.75 Å². The lowest BCUT2D eigenvalue weighted by molar-refractivity contribution is 0.0000522. The van der Waals surface area contributed by atoms with Crippen LogP contribution in [0.5, 0.6) is 0 Å². The fraction of sp³-hybridized carbons (Fsp3) is 0.533. The summed E-state index contributed by atoms with van der Waals surface area (Å²) in [5.41, 5.74) is 1.07. The van der Waals surface area contributed by atoms with Crippen LogP contribution in [0.4, 0.5) is 0 Å². The zero-order valence-corrected chi connectivity index (χ0v) is 12.7. The molecule has 114 valence electrons. The third-order valence-electron chi connectivity index (χ3n) is 3.59. The van der Waals surface area contributed by atoms with Gasteiger partial charge in [-0.1, -0.05) is 43.2 Å². The fourth-order valence-electron chi connectivity index (χ4n) is 2.57. The minimum atomic E-state index is -3.54. The number of hydrogen-bond acceptors (Lipinski definition) is 4. The smallest absolute Gasteiger partial charge is 0.225 e. The predicted molar refractivity (Wildman–Crippen MR) is 79.8 cm³/mol. The van der Waals surface area contributed by atoms with Crippen LogP contribution in [0.2, 0.25) is 0 Å². The van der Waals surface area contributed by atoms with Gasteiger partial charge in [0.25, 0.3) is 0 Å². The Labute approximate surface area is 126 Å². The molecule has 5 nitrogen and oxygen atoms in total. The van der Waals surface area contributed by atoms with Crippen molar-refractivity contribution in [3.8, 4) is 6.07 Å². The van der Waals surface area contributed by atoms with Crippen molar-refractivity contribution in [2.45, 2.75) is 44.4 Å². The maximum Gasteiger partial charge on any atom is 0.225 e. The molecule has 2 unspecified atom stereocenters. The summed E-state index contributed by atoms with van der Waals surface area (Å²) in [7, 11) is -3.54. The van der Waals surface area contributed by atoms with Gasteiger partial charge in [0.2, 0.25) is 10.0 Å². The van der Waals surface area contributed by atoms with E-state index < -0.39 is 15.8 Å². The fourth-order valence-corrected chi connectivity index (χ4v) is 3.55. The van der Waals surface area contributed by atoms with Crippen LogP contribution in [0.15, 0.2) is 30.3 Å². The summed E-state index contributed by atoms with van der Waals surface area (Å²) in [6.07, 6.45) is 3.48. The highest BCUT2D eigenvalue weighted by atomic mass is 32.2. The van der Waals surface area contributed by atoms with E-state index in [0.717, 1.165) is 31.2 Å². The van der Waals surface area contributed by atoms with Crippen LogP contribution in [0.25, 0.3) is 0 Å². The number of sulfonamides is 1.